The third-order valence-electron chi connectivity index (χ3n) is 2.68. The standard InChI is InChI=1S/C13H22N2O4S/c1-12(2,3)19-11(18)14-6-10(17)15-9(7-16)8-20-13(15,4)5/h7,9H,6,8H2,1-5H3,(H,14,18)/p-1/t9-/m1/s1. The molecule has 0 aliphatic carbocycles. The van der Waals surface area contributed by atoms with Gasteiger partial charge < -0.3 is 19.5 Å². The maximum atomic E-state index is 12.2. The van der Waals surface area contributed by atoms with Crippen LogP contribution in [0, 0.1) is 0 Å². The van der Waals surface area contributed by atoms with Gasteiger partial charge in [-0.05, 0) is 13.8 Å². The molecule has 1 saturated heterocycles. The van der Waals surface area contributed by atoms with Crippen molar-refractivity contribution in [2.45, 2.75) is 51.1 Å². The van der Waals surface area contributed by atoms with Gasteiger partial charge in [-0.15, -0.1) is 11.8 Å². The second kappa shape index (κ2) is 6.03. The molecule has 114 valence electrons. The Morgan fingerprint density at radius 3 is 2.65 bits per heavy atom. The molecule has 0 unspecified atom stereocenters. The maximum Gasteiger partial charge on any atom is 0.246 e. The van der Waals surface area contributed by atoms with E-state index in [-0.39, 0.29) is 12.5 Å². The summed E-state index contributed by atoms with van der Waals surface area (Å²) in [4.78, 5) is 27.8. The molecule has 0 bridgehead atoms. The van der Waals surface area contributed by atoms with Gasteiger partial charge in [0.15, 0.2) is 0 Å². The highest BCUT2D eigenvalue weighted by atomic mass is 32.2. The summed E-state index contributed by atoms with van der Waals surface area (Å²) in [6.07, 6.45) is -0.00852. The summed E-state index contributed by atoms with van der Waals surface area (Å²) < 4.78 is 5.00. The van der Waals surface area contributed by atoms with Crippen molar-refractivity contribution < 1.29 is 19.4 Å². The minimum Gasteiger partial charge on any atom is -0.595 e. The highest BCUT2D eigenvalue weighted by Gasteiger charge is 2.42. The fourth-order valence-electron chi connectivity index (χ4n) is 1.92. The fourth-order valence-corrected chi connectivity index (χ4v) is 3.10. The van der Waals surface area contributed by atoms with Crippen molar-refractivity contribution in [2.75, 3.05) is 12.3 Å². The first-order valence-electron chi connectivity index (χ1n) is 6.39. The Morgan fingerprint density at radius 1 is 1.55 bits per heavy atom. The van der Waals surface area contributed by atoms with Gasteiger partial charge in [-0.1, -0.05) is 20.8 Å². The molecule has 1 atom stereocenters. The lowest BCUT2D eigenvalue weighted by Crippen LogP contribution is -2.48. The number of aldehydes is 1. The van der Waals surface area contributed by atoms with E-state index in [1.807, 2.05) is 13.8 Å². The Hall–Kier alpha value is -1.24. The number of ether oxygens (including phenoxy) is 1. The number of hydrogen-bond donors (Lipinski definition) is 0. The average Bonchev–Trinajstić information content (AvgIpc) is 2.59. The predicted octanol–water partition coefficient (Wildman–Crippen LogP) is 0.397. The molecule has 0 aromatic heterocycles. The first-order valence-corrected chi connectivity index (χ1v) is 7.37. The molecule has 0 N–H and O–H groups in total. The third kappa shape index (κ3) is 4.40. The summed E-state index contributed by atoms with van der Waals surface area (Å²) in [7, 11) is 0. The second-order valence-electron chi connectivity index (χ2n) is 6.02. The van der Waals surface area contributed by atoms with Crippen LogP contribution in [0.1, 0.15) is 34.6 Å². The first-order chi connectivity index (χ1) is 9.07. The van der Waals surface area contributed by atoms with E-state index in [1.165, 1.54) is 16.7 Å². The number of carbonyl (C=O) groups excluding carboxylic acids is 2. The maximum absolute atomic E-state index is 12.2. The third-order valence-corrected chi connectivity index (χ3v) is 4.09. The van der Waals surface area contributed by atoms with E-state index in [1.54, 1.807) is 20.8 Å². The van der Waals surface area contributed by atoms with Gasteiger partial charge in [0, 0.05) is 11.4 Å². The highest BCUT2D eigenvalue weighted by molar-refractivity contribution is 8.00. The Bertz CT molecular complexity index is 415. The van der Waals surface area contributed by atoms with Crippen LogP contribution in [0.5, 0.6) is 0 Å². The Labute approximate surface area is 123 Å². The van der Waals surface area contributed by atoms with E-state index in [4.69, 9.17) is 4.74 Å². The lowest BCUT2D eigenvalue weighted by molar-refractivity contribution is -0.260. The molecule has 20 heavy (non-hydrogen) atoms. The normalized spacial score (nSPS) is 22.8. The van der Waals surface area contributed by atoms with Gasteiger partial charge >= 0.3 is 0 Å². The number of nitrogens with zero attached hydrogens (tertiary/aromatic N) is 2. The molecule has 1 amide bonds. The minimum atomic E-state index is -0.766. The van der Waals surface area contributed by atoms with Gasteiger partial charge in [-0.2, -0.15) is 0 Å². The van der Waals surface area contributed by atoms with Crippen molar-refractivity contribution in [2.24, 2.45) is 4.99 Å². The van der Waals surface area contributed by atoms with Crippen molar-refractivity contribution in [3.63, 3.8) is 0 Å². The summed E-state index contributed by atoms with van der Waals surface area (Å²) in [6, 6.07) is -0.462. The second-order valence-corrected chi connectivity index (χ2v) is 7.64. The van der Waals surface area contributed by atoms with Gasteiger partial charge in [0.25, 0.3) is 0 Å². The largest absolute Gasteiger partial charge is 0.595 e. The zero-order valence-electron chi connectivity index (χ0n) is 12.5. The smallest absolute Gasteiger partial charge is 0.246 e. The highest BCUT2D eigenvalue weighted by Crippen LogP contribution is 2.38. The molecule has 1 aliphatic heterocycles. The van der Waals surface area contributed by atoms with Crippen LogP contribution in [0.15, 0.2) is 4.99 Å². The molecule has 0 aromatic carbocycles. The molecule has 1 aliphatic rings. The molecule has 0 saturated carbocycles. The van der Waals surface area contributed by atoms with Gasteiger partial charge in [-0.3, -0.25) is 9.79 Å². The monoisotopic (exact) mass is 301 g/mol. The Morgan fingerprint density at radius 2 is 2.15 bits per heavy atom. The van der Waals surface area contributed by atoms with E-state index >= 15 is 0 Å². The number of carbonyl (C=O) groups is 2. The SMILES string of the molecule is CC(C)(C)OC([O-])=NCC(=O)N1[C@H](C=O)CSC1(C)C. The number of thioether (sulfide) groups is 1. The molecule has 1 heterocycles. The van der Waals surface area contributed by atoms with Gasteiger partial charge in [0.1, 0.15) is 18.9 Å². The van der Waals surface area contributed by atoms with Crippen molar-refractivity contribution in [1.29, 1.82) is 0 Å². The van der Waals surface area contributed by atoms with E-state index < -0.39 is 22.6 Å². The summed E-state index contributed by atoms with van der Waals surface area (Å²) in [5, 5.41) is 11.5. The van der Waals surface area contributed by atoms with Crippen LogP contribution in [0.25, 0.3) is 0 Å². The Kier molecular flexibility index (Phi) is 5.07. The number of hydrogen-bond acceptors (Lipinski definition) is 6. The van der Waals surface area contributed by atoms with E-state index in [2.05, 4.69) is 4.99 Å². The average molecular weight is 301 g/mol. The van der Waals surface area contributed by atoms with Gasteiger partial charge in [0.2, 0.25) is 5.91 Å². The molecule has 0 aromatic rings. The van der Waals surface area contributed by atoms with Crippen molar-refractivity contribution in [3.05, 3.63) is 0 Å². The minimum absolute atomic E-state index is 0.302. The first kappa shape index (κ1) is 16.8. The van der Waals surface area contributed by atoms with Crippen LogP contribution in [-0.4, -0.2) is 52.0 Å². The number of amides is 1. The lowest BCUT2D eigenvalue weighted by Gasteiger charge is -2.33. The summed E-state index contributed by atoms with van der Waals surface area (Å²) in [5.74, 6) is 0.220. The molecule has 6 nitrogen and oxygen atoms in total. The van der Waals surface area contributed by atoms with Crippen LogP contribution in [-0.2, 0) is 14.3 Å². The van der Waals surface area contributed by atoms with Gasteiger partial charge in [0.05, 0.1) is 10.9 Å². The van der Waals surface area contributed by atoms with Crippen molar-refractivity contribution >= 4 is 30.0 Å². The van der Waals surface area contributed by atoms with Crippen LogP contribution in [0.3, 0.4) is 0 Å². The molecule has 0 radical (unpaired) electrons. The quantitative estimate of drug-likeness (QED) is 0.428. The van der Waals surface area contributed by atoms with Crippen LogP contribution < -0.4 is 5.11 Å². The summed E-state index contributed by atoms with van der Waals surface area (Å²) >= 11 is 1.53. The van der Waals surface area contributed by atoms with Crippen molar-refractivity contribution in [3.8, 4) is 0 Å². The van der Waals surface area contributed by atoms with E-state index in [9.17, 15) is 14.7 Å². The lowest BCUT2D eigenvalue weighted by atomic mass is 10.2. The molecular formula is C13H21N2O4S-. The fraction of sp³-hybridized carbons (Fsp3) is 0.769. The number of aliphatic imine (C=N–C) groups is 1. The van der Waals surface area contributed by atoms with Crippen LogP contribution >= 0.6 is 11.8 Å². The predicted molar refractivity (Wildman–Crippen MR) is 76.4 cm³/mol. The van der Waals surface area contributed by atoms with Crippen LogP contribution in [0.2, 0.25) is 0 Å². The summed E-state index contributed by atoms with van der Waals surface area (Å²) in [6.45, 7) is 8.61. The number of rotatable bonds is 3. The van der Waals surface area contributed by atoms with Crippen molar-refractivity contribution in [1.82, 2.24) is 4.90 Å². The van der Waals surface area contributed by atoms with E-state index in [0.717, 1.165) is 6.29 Å². The summed E-state index contributed by atoms with van der Waals surface area (Å²) in [5.41, 5.74) is -0.641. The Balaban J connectivity index is 2.70. The molecule has 1 fully saturated rings. The zero-order chi connectivity index (χ0) is 15.6. The molecule has 1 rings (SSSR count). The van der Waals surface area contributed by atoms with Gasteiger partial charge in [-0.25, -0.2) is 0 Å². The van der Waals surface area contributed by atoms with E-state index in [0.29, 0.717) is 5.75 Å². The molecular weight excluding hydrogens is 280 g/mol. The zero-order valence-corrected chi connectivity index (χ0v) is 13.3. The molecule has 7 heteroatoms. The van der Waals surface area contributed by atoms with Crippen LogP contribution in [0.4, 0.5) is 0 Å². The topological polar surface area (TPSA) is 82.0 Å². The molecule has 0 spiro atoms.